The number of nitrogens with zero attached hydrogens (tertiary/aromatic N) is 1. The van der Waals surface area contributed by atoms with Gasteiger partial charge in [0.05, 0.1) is 30.9 Å². The highest BCUT2D eigenvalue weighted by Crippen LogP contribution is 2.39. The van der Waals surface area contributed by atoms with Gasteiger partial charge in [0.15, 0.2) is 11.6 Å². The fraction of sp³-hybridized carbons (Fsp3) is 0.692. The molecule has 2 aliphatic heterocycles. The maximum absolute atomic E-state index is 13.8. The molecule has 0 bridgehead atoms. The van der Waals surface area contributed by atoms with Crippen molar-refractivity contribution in [3.05, 3.63) is 29.6 Å². The Morgan fingerprint density at radius 2 is 2.03 bits per heavy atom. The van der Waals surface area contributed by atoms with Gasteiger partial charge < -0.3 is 29.5 Å². The number of para-hydroxylation sites is 1. The van der Waals surface area contributed by atoms with Crippen LogP contribution >= 0.6 is 0 Å². The zero-order chi connectivity index (χ0) is 25.2. The molecule has 2 heterocycles. The molecule has 2 saturated heterocycles. The van der Waals surface area contributed by atoms with Gasteiger partial charge in [-0.05, 0) is 71.3 Å². The smallest absolute Gasteiger partial charge is 0.410 e. The number of morpholine rings is 1. The van der Waals surface area contributed by atoms with E-state index in [0.717, 1.165) is 32.1 Å². The summed E-state index contributed by atoms with van der Waals surface area (Å²) in [5, 5.41) is 13.2. The number of hydrogen-bond acceptors (Lipinski definition) is 6. The quantitative estimate of drug-likeness (QED) is 0.663. The number of rotatable bonds is 4. The van der Waals surface area contributed by atoms with Gasteiger partial charge in [-0.15, -0.1) is 0 Å². The van der Waals surface area contributed by atoms with E-state index in [2.05, 4.69) is 5.32 Å². The first-order valence-corrected chi connectivity index (χ1v) is 12.6. The molecule has 0 radical (unpaired) electrons. The largest absolute Gasteiger partial charge is 0.505 e. The molecule has 1 saturated carbocycles. The first-order chi connectivity index (χ1) is 16.6. The maximum Gasteiger partial charge on any atom is 0.410 e. The Morgan fingerprint density at radius 1 is 1.29 bits per heavy atom. The minimum atomic E-state index is -0.713. The van der Waals surface area contributed by atoms with Crippen LogP contribution in [-0.4, -0.2) is 71.7 Å². The number of carbonyl (C=O) groups is 2. The zero-order valence-electron chi connectivity index (χ0n) is 20.8. The van der Waals surface area contributed by atoms with Crippen LogP contribution in [0.1, 0.15) is 70.8 Å². The van der Waals surface area contributed by atoms with Gasteiger partial charge >= 0.3 is 6.09 Å². The van der Waals surface area contributed by atoms with Crippen LogP contribution in [0, 0.1) is 5.82 Å². The molecule has 3 fully saturated rings. The standard InChI is InChI=1S/C26H37FN2O6/c1-25(2,3)35-24(32)29-13-5-12-26(16-33-15-22(30)28-26)21(29)14-34-18-10-8-17(9-11-18)19-6-4-7-20(27)23(19)31/h4,6-7,17-18,21,31H,5,8-16H2,1-3H3,(H,28,30)/t17?,18?,21-,26+/m0/s1. The van der Waals surface area contributed by atoms with Crippen molar-refractivity contribution < 1.29 is 33.3 Å². The summed E-state index contributed by atoms with van der Waals surface area (Å²) in [6.07, 6.45) is 4.03. The Hall–Kier alpha value is -2.39. The lowest BCUT2D eigenvalue weighted by Gasteiger charge is -2.51. The summed E-state index contributed by atoms with van der Waals surface area (Å²) in [7, 11) is 0. The van der Waals surface area contributed by atoms with E-state index in [9.17, 15) is 19.1 Å². The van der Waals surface area contributed by atoms with Gasteiger partial charge in [0, 0.05) is 12.1 Å². The third-order valence-electron chi connectivity index (χ3n) is 7.27. The summed E-state index contributed by atoms with van der Waals surface area (Å²) >= 11 is 0. The molecule has 2 N–H and O–H groups in total. The van der Waals surface area contributed by atoms with Crippen molar-refractivity contribution in [1.29, 1.82) is 0 Å². The maximum atomic E-state index is 13.8. The molecule has 1 aromatic rings. The summed E-state index contributed by atoms with van der Waals surface area (Å²) in [6.45, 7) is 6.59. The lowest BCUT2D eigenvalue weighted by atomic mass is 9.80. The van der Waals surface area contributed by atoms with Gasteiger partial charge in [0.25, 0.3) is 0 Å². The van der Waals surface area contributed by atoms with Crippen molar-refractivity contribution in [1.82, 2.24) is 10.2 Å². The summed E-state index contributed by atoms with van der Waals surface area (Å²) < 4.78 is 31.4. The van der Waals surface area contributed by atoms with Crippen molar-refractivity contribution in [3.8, 4) is 5.75 Å². The van der Waals surface area contributed by atoms with E-state index >= 15 is 0 Å². The molecule has 35 heavy (non-hydrogen) atoms. The Labute approximate surface area is 206 Å². The van der Waals surface area contributed by atoms with Crippen LogP contribution in [0.4, 0.5) is 9.18 Å². The number of nitrogens with one attached hydrogen (secondary N) is 1. The molecular formula is C26H37FN2O6. The Kier molecular flexibility index (Phi) is 7.57. The molecule has 1 aliphatic carbocycles. The highest BCUT2D eigenvalue weighted by molar-refractivity contribution is 5.79. The van der Waals surface area contributed by atoms with E-state index in [1.807, 2.05) is 20.8 Å². The number of ether oxygens (including phenoxy) is 3. The average Bonchev–Trinajstić information content (AvgIpc) is 2.79. The minimum absolute atomic E-state index is 0.0126. The molecule has 8 nitrogen and oxygen atoms in total. The van der Waals surface area contributed by atoms with Gasteiger partial charge in [-0.25, -0.2) is 9.18 Å². The Bertz CT molecular complexity index is 923. The second-order valence-electron chi connectivity index (χ2n) is 11.0. The highest BCUT2D eigenvalue weighted by Gasteiger charge is 2.50. The average molecular weight is 493 g/mol. The normalized spacial score (nSPS) is 29.7. The number of phenols is 1. The molecule has 2 amide bonds. The van der Waals surface area contributed by atoms with Crippen LogP contribution < -0.4 is 5.32 Å². The van der Waals surface area contributed by atoms with Crippen molar-refractivity contribution in [2.45, 2.75) is 88.5 Å². The number of benzene rings is 1. The molecular weight excluding hydrogens is 455 g/mol. The molecule has 4 rings (SSSR count). The van der Waals surface area contributed by atoms with Crippen LogP contribution in [0.5, 0.6) is 5.75 Å². The molecule has 0 aromatic heterocycles. The van der Waals surface area contributed by atoms with Gasteiger partial charge in [-0.3, -0.25) is 4.79 Å². The second-order valence-corrected chi connectivity index (χ2v) is 11.0. The van der Waals surface area contributed by atoms with E-state index in [0.29, 0.717) is 25.1 Å². The summed E-state index contributed by atoms with van der Waals surface area (Å²) in [5.41, 5.74) is -0.706. The highest BCUT2D eigenvalue weighted by atomic mass is 19.1. The molecule has 2 atom stereocenters. The number of carbonyl (C=O) groups excluding carboxylic acids is 2. The first-order valence-electron chi connectivity index (χ1n) is 12.6. The second kappa shape index (κ2) is 10.3. The fourth-order valence-corrected chi connectivity index (χ4v) is 5.59. The van der Waals surface area contributed by atoms with E-state index in [1.165, 1.54) is 6.07 Å². The van der Waals surface area contributed by atoms with Crippen molar-refractivity contribution in [3.63, 3.8) is 0 Å². The van der Waals surface area contributed by atoms with Gasteiger partial charge in [0.1, 0.15) is 12.2 Å². The van der Waals surface area contributed by atoms with Gasteiger partial charge in [-0.1, -0.05) is 12.1 Å². The van der Waals surface area contributed by atoms with E-state index in [1.54, 1.807) is 17.0 Å². The first kappa shape index (κ1) is 25.7. The SMILES string of the molecule is CC(C)(C)OC(=O)N1CCC[C@@]2(COCC(=O)N2)[C@@H]1COC1CCC(c2cccc(F)c2O)CC1. The molecule has 0 unspecified atom stereocenters. The molecule has 9 heteroatoms. The lowest BCUT2D eigenvalue weighted by Crippen LogP contribution is -2.72. The predicted octanol–water partition coefficient (Wildman–Crippen LogP) is 3.86. The van der Waals surface area contributed by atoms with Gasteiger partial charge in [0.2, 0.25) is 5.91 Å². The summed E-state index contributed by atoms with van der Waals surface area (Å²) in [6, 6.07) is 4.25. The summed E-state index contributed by atoms with van der Waals surface area (Å²) in [5.74, 6) is -0.969. The van der Waals surface area contributed by atoms with E-state index < -0.39 is 29.1 Å². The lowest BCUT2D eigenvalue weighted by molar-refractivity contribution is -0.144. The number of amides is 2. The minimum Gasteiger partial charge on any atom is -0.505 e. The van der Waals surface area contributed by atoms with Crippen LogP contribution in [-0.2, 0) is 19.0 Å². The van der Waals surface area contributed by atoms with Gasteiger partial charge in [-0.2, -0.15) is 0 Å². The Morgan fingerprint density at radius 3 is 2.71 bits per heavy atom. The van der Waals surface area contributed by atoms with Crippen molar-refractivity contribution in [2.24, 2.45) is 0 Å². The molecule has 1 spiro atoms. The number of hydrogen-bond donors (Lipinski definition) is 2. The van der Waals surface area contributed by atoms with Crippen molar-refractivity contribution in [2.75, 3.05) is 26.4 Å². The summed E-state index contributed by atoms with van der Waals surface area (Å²) in [4.78, 5) is 27.0. The molecule has 1 aromatic carbocycles. The van der Waals surface area contributed by atoms with Crippen LogP contribution in [0.2, 0.25) is 0 Å². The van der Waals surface area contributed by atoms with Crippen molar-refractivity contribution >= 4 is 12.0 Å². The van der Waals surface area contributed by atoms with E-state index in [4.69, 9.17) is 14.2 Å². The van der Waals surface area contributed by atoms with E-state index in [-0.39, 0.29) is 36.9 Å². The molecule has 194 valence electrons. The third-order valence-corrected chi connectivity index (χ3v) is 7.27. The molecule has 3 aliphatic rings. The van der Waals surface area contributed by atoms with Crippen LogP contribution in [0.3, 0.4) is 0 Å². The fourth-order valence-electron chi connectivity index (χ4n) is 5.59. The third kappa shape index (κ3) is 5.89. The number of piperidine rings is 1. The predicted molar refractivity (Wildman–Crippen MR) is 127 cm³/mol. The zero-order valence-corrected chi connectivity index (χ0v) is 20.8. The number of aromatic hydroxyl groups is 1. The topological polar surface area (TPSA) is 97.3 Å². The monoisotopic (exact) mass is 492 g/mol. The number of likely N-dealkylation sites (tertiary alicyclic amines) is 1. The number of halogens is 1. The van der Waals surface area contributed by atoms with Crippen LogP contribution in [0.15, 0.2) is 18.2 Å². The number of phenolic OH excluding ortho intramolecular Hbond substituents is 1. The Balaban J connectivity index is 1.43. The van der Waals surface area contributed by atoms with Crippen LogP contribution in [0.25, 0.3) is 0 Å².